The fourth-order valence-electron chi connectivity index (χ4n) is 2.90. The van der Waals surface area contributed by atoms with Gasteiger partial charge in [0.05, 0.1) is 10.4 Å². The summed E-state index contributed by atoms with van der Waals surface area (Å²) in [6, 6.07) is 19.2. The maximum Gasteiger partial charge on any atom is 0.0695 e. The molecule has 0 saturated carbocycles. The van der Waals surface area contributed by atoms with Gasteiger partial charge in [-0.1, -0.05) is 48.5 Å². The summed E-state index contributed by atoms with van der Waals surface area (Å²) in [6.45, 7) is 0.887. The lowest BCUT2D eigenvalue weighted by atomic mass is 9.90. The summed E-state index contributed by atoms with van der Waals surface area (Å²) in [5.41, 5.74) is 8.79. The Morgan fingerprint density at radius 2 is 1.70 bits per heavy atom. The van der Waals surface area contributed by atoms with Gasteiger partial charge in [-0.3, -0.25) is 0 Å². The second-order valence-corrected chi connectivity index (χ2v) is 6.22. The van der Waals surface area contributed by atoms with E-state index in [4.69, 9.17) is 4.37 Å². The van der Waals surface area contributed by atoms with Gasteiger partial charge in [0.2, 0.25) is 0 Å². The van der Waals surface area contributed by atoms with E-state index in [9.17, 15) is 0 Å². The van der Waals surface area contributed by atoms with Crippen LogP contribution in [-0.4, -0.2) is 30.1 Å². The zero-order valence-electron chi connectivity index (χ0n) is 13.5. The third-order valence-corrected chi connectivity index (χ3v) is 4.96. The zero-order chi connectivity index (χ0) is 16.1. The Bertz CT molecular complexity index is 737. The number of hydrogen-bond acceptors (Lipinski definition) is 5. The van der Waals surface area contributed by atoms with Gasteiger partial charge < -0.3 is 0 Å². The van der Waals surface area contributed by atoms with Crippen LogP contribution in [0, 0.1) is 0 Å². The van der Waals surface area contributed by atoms with Crippen LogP contribution >= 0.6 is 11.5 Å². The quantitative estimate of drug-likeness (QED) is 0.653. The summed E-state index contributed by atoms with van der Waals surface area (Å²) in [6.07, 6.45) is 0.986. The van der Waals surface area contributed by atoms with Crippen molar-refractivity contribution in [3.63, 3.8) is 0 Å². The standard InChI is InChI=1S/C18H22N4S/c1-19-22(20-2)13-12-15(14-8-4-3-5-9-14)18-16-10-6-7-11-17(16)23-21-18/h3-11,15,19-20H,12-13H2,1-2H3. The van der Waals surface area contributed by atoms with E-state index < -0.39 is 0 Å². The minimum Gasteiger partial charge on any atom is -0.245 e. The number of rotatable bonds is 7. The first-order valence-electron chi connectivity index (χ1n) is 7.85. The van der Waals surface area contributed by atoms with Crippen LogP contribution in [0.2, 0.25) is 0 Å². The molecule has 120 valence electrons. The smallest absolute Gasteiger partial charge is 0.0695 e. The third kappa shape index (κ3) is 3.59. The number of hydrogen-bond donors (Lipinski definition) is 2. The summed E-state index contributed by atoms with van der Waals surface area (Å²) in [5.74, 6) is 0.288. The molecular weight excluding hydrogens is 304 g/mol. The molecule has 1 heterocycles. The maximum atomic E-state index is 4.78. The second kappa shape index (κ2) is 7.66. The molecule has 1 aromatic heterocycles. The van der Waals surface area contributed by atoms with E-state index in [0.717, 1.165) is 13.0 Å². The molecule has 0 saturated heterocycles. The Balaban J connectivity index is 1.95. The molecule has 0 bridgehead atoms. The average Bonchev–Trinajstić information content (AvgIpc) is 3.04. The minimum atomic E-state index is 0.288. The van der Waals surface area contributed by atoms with Gasteiger partial charge in [-0.2, -0.15) is 9.49 Å². The number of nitrogens with zero attached hydrogens (tertiary/aromatic N) is 2. The van der Waals surface area contributed by atoms with E-state index in [-0.39, 0.29) is 5.92 Å². The molecule has 23 heavy (non-hydrogen) atoms. The largest absolute Gasteiger partial charge is 0.245 e. The molecule has 2 aromatic carbocycles. The minimum absolute atomic E-state index is 0.288. The lowest BCUT2D eigenvalue weighted by molar-refractivity contribution is 0.141. The van der Waals surface area contributed by atoms with Crippen molar-refractivity contribution < 1.29 is 0 Å². The number of nitrogens with one attached hydrogen (secondary N) is 2. The zero-order valence-corrected chi connectivity index (χ0v) is 14.3. The molecule has 3 rings (SSSR count). The molecule has 3 aromatic rings. The van der Waals surface area contributed by atoms with Crippen molar-refractivity contribution in [2.24, 2.45) is 0 Å². The van der Waals surface area contributed by atoms with Gasteiger partial charge in [0.25, 0.3) is 0 Å². The topological polar surface area (TPSA) is 40.2 Å². The molecule has 1 atom stereocenters. The van der Waals surface area contributed by atoms with Crippen molar-refractivity contribution in [2.75, 3.05) is 20.6 Å². The Hall–Kier alpha value is -1.79. The Kier molecular flexibility index (Phi) is 5.35. The lowest BCUT2D eigenvalue weighted by Gasteiger charge is -2.23. The van der Waals surface area contributed by atoms with Gasteiger partial charge in [0, 0.05) is 31.9 Å². The molecule has 0 aliphatic carbocycles. The molecule has 0 aliphatic rings. The fraction of sp³-hybridized carbons (Fsp3) is 0.278. The Morgan fingerprint density at radius 3 is 2.43 bits per heavy atom. The van der Waals surface area contributed by atoms with Crippen molar-refractivity contribution in [1.29, 1.82) is 0 Å². The maximum absolute atomic E-state index is 4.78. The van der Waals surface area contributed by atoms with Crippen LogP contribution in [0.4, 0.5) is 0 Å². The highest BCUT2D eigenvalue weighted by atomic mass is 32.1. The first-order valence-corrected chi connectivity index (χ1v) is 8.62. The number of fused-ring (bicyclic) bond motifs is 1. The summed E-state index contributed by atoms with van der Waals surface area (Å²) < 4.78 is 6.04. The van der Waals surface area contributed by atoms with E-state index in [1.807, 2.05) is 19.2 Å². The lowest BCUT2D eigenvalue weighted by Crippen LogP contribution is -2.45. The molecule has 0 spiro atoms. The SMILES string of the molecule is CNN(CCC(c1ccccc1)c1nsc2ccccc12)NC. The fourth-order valence-corrected chi connectivity index (χ4v) is 3.73. The molecule has 2 N–H and O–H groups in total. The average molecular weight is 326 g/mol. The van der Waals surface area contributed by atoms with Crippen LogP contribution in [0.3, 0.4) is 0 Å². The Labute approximate surface area is 141 Å². The number of hydrazine groups is 2. The van der Waals surface area contributed by atoms with Crippen LogP contribution in [-0.2, 0) is 0 Å². The summed E-state index contributed by atoms with van der Waals surface area (Å²) in [7, 11) is 3.85. The first-order chi connectivity index (χ1) is 11.3. The number of benzene rings is 2. The summed E-state index contributed by atoms with van der Waals surface area (Å²) >= 11 is 1.59. The highest BCUT2D eigenvalue weighted by Crippen LogP contribution is 2.34. The molecule has 1 unspecified atom stereocenters. The molecule has 0 aliphatic heterocycles. The van der Waals surface area contributed by atoms with Crippen molar-refractivity contribution in [2.45, 2.75) is 12.3 Å². The van der Waals surface area contributed by atoms with Gasteiger partial charge in [-0.05, 0) is 29.6 Å². The van der Waals surface area contributed by atoms with Crippen molar-refractivity contribution in [1.82, 2.24) is 20.3 Å². The van der Waals surface area contributed by atoms with Gasteiger partial charge in [-0.25, -0.2) is 10.9 Å². The van der Waals surface area contributed by atoms with Crippen LogP contribution in [0.5, 0.6) is 0 Å². The second-order valence-electron chi connectivity index (χ2n) is 5.41. The van der Waals surface area contributed by atoms with Crippen molar-refractivity contribution in [3.8, 4) is 0 Å². The first kappa shape index (κ1) is 16.1. The molecule has 4 nitrogen and oxygen atoms in total. The van der Waals surface area contributed by atoms with Crippen LogP contribution in [0.15, 0.2) is 54.6 Å². The monoisotopic (exact) mass is 326 g/mol. The predicted octanol–water partition coefficient (Wildman–Crippen LogP) is 3.39. The van der Waals surface area contributed by atoms with Crippen LogP contribution < -0.4 is 10.9 Å². The predicted molar refractivity (Wildman–Crippen MR) is 97.3 cm³/mol. The van der Waals surface area contributed by atoms with Gasteiger partial charge in [0.1, 0.15) is 0 Å². The normalized spacial score (nSPS) is 12.8. The molecule has 0 radical (unpaired) electrons. The van der Waals surface area contributed by atoms with E-state index in [1.165, 1.54) is 21.3 Å². The van der Waals surface area contributed by atoms with Gasteiger partial charge in [0.15, 0.2) is 0 Å². The highest BCUT2D eigenvalue weighted by Gasteiger charge is 2.20. The molecule has 0 fully saturated rings. The summed E-state index contributed by atoms with van der Waals surface area (Å²) in [4.78, 5) is 0. The molecule has 5 heteroatoms. The van der Waals surface area contributed by atoms with E-state index in [2.05, 4.69) is 65.4 Å². The third-order valence-electron chi connectivity index (χ3n) is 4.12. The van der Waals surface area contributed by atoms with Crippen LogP contribution in [0.25, 0.3) is 10.1 Å². The van der Waals surface area contributed by atoms with Gasteiger partial charge in [-0.15, -0.1) is 0 Å². The summed E-state index contributed by atoms with van der Waals surface area (Å²) in [5, 5.41) is 3.26. The molecular formula is C18H22N4S. The number of aromatic nitrogens is 1. The van der Waals surface area contributed by atoms with Crippen LogP contribution in [0.1, 0.15) is 23.6 Å². The van der Waals surface area contributed by atoms with E-state index in [0.29, 0.717) is 0 Å². The Morgan fingerprint density at radius 1 is 1.00 bits per heavy atom. The van der Waals surface area contributed by atoms with E-state index in [1.54, 1.807) is 11.5 Å². The van der Waals surface area contributed by atoms with Gasteiger partial charge >= 0.3 is 0 Å². The highest BCUT2D eigenvalue weighted by molar-refractivity contribution is 7.13. The van der Waals surface area contributed by atoms with Crippen molar-refractivity contribution >= 4 is 21.6 Å². The van der Waals surface area contributed by atoms with E-state index >= 15 is 0 Å². The molecule has 0 amide bonds. The van der Waals surface area contributed by atoms with Crippen molar-refractivity contribution in [3.05, 3.63) is 65.9 Å².